The predicted octanol–water partition coefficient (Wildman–Crippen LogP) is 4.05. The van der Waals surface area contributed by atoms with E-state index >= 15 is 0 Å². The molecule has 0 aliphatic rings. The fourth-order valence-corrected chi connectivity index (χ4v) is 3.20. The quantitative estimate of drug-likeness (QED) is 0.684. The summed E-state index contributed by atoms with van der Waals surface area (Å²) < 4.78 is 6.46. The van der Waals surface area contributed by atoms with Crippen LogP contribution in [0.1, 0.15) is 26.0 Å². The minimum absolute atomic E-state index is 0.000592. The van der Waals surface area contributed by atoms with Crippen molar-refractivity contribution in [3.05, 3.63) is 39.8 Å². The van der Waals surface area contributed by atoms with Crippen molar-refractivity contribution in [1.82, 2.24) is 10.3 Å². The second-order valence-electron chi connectivity index (χ2n) is 5.45. The van der Waals surface area contributed by atoms with Crippen molar-refractivity contribution in [2.24, 2.45) is 0 Å². The molecule has 0 radical (unpaired) electrons. The number of amides is 1. The van der Waals surface area contributed by atoms with E-state index in [2.05, 4.69) is 26.2 Å². The summed E-state index contributed by atoms with van der Waals surface area (Å²) in [6, 6.07) is 8.00. The van der Waals surface area contributed by atoms with E-state index < -0.39 is 0 Å². The van der Waals surface area contributed by atoms with Crippen molar-refractivity contribution in [3.63, 3.8) is 0 Å². The lowest BCUT2D eigenvalue weighted by Crippen LogP contribution is -2.27. The zero-order valence-corrected chi connectivity index (χ0v) is 15.7. The molecular formula is C17H21BrN2O2S. The van der Waals surface area contributed by atoms with Crippen LogP contribution >= 0.6 is 27.3 Å². The molecule has 0 spiro atoms. The van der Waals surface area contributed by atoms with Crippen LogP contribution in [0.25, 0.3) is 10.6 Å². The molecule has 1 aromatic carbocycles. The molecule has 4 nitrogen and oxygen atoms in total. The maximum atomic E-state index is 11.9. The highest BCUT2D eigenvalue weighted by Gasteiger charge is 2.09. The van der Waals surface area contributed by atoms with Crippen molar-refractivity contribution < 1.29 is 9.53 Å². The Kier molecular flexibility index (Phi) is 7.20. The van der Waals surface area contributed by atoms with Gasteiger partial charge >= 0.3 is 0 Å². The molecular weight excluding hydrogens is 376 g/mol. The van der Waals surface area contributed by atoms with Crippen molar-refractivity contribution in [1.29, 1.82) is 0 Å². The van der Waals surface area contributed by atoms with Crippen LogP contribution in [0.15, 0.2) is 34.1 Å². The average Bonchev–Trinajstić information content (AvgIpc) is 2.95. The largest absolute Gasteiger partial charge is 0.379 e. The van der Waals surface area contributed by atoms with Gasteiger partial charge in [-0.1, -0.05) is 28.1 Å². The average molecular weight is 397 g/mol. The van der Waals surface area contributed by atoms with Crippen LogP contribution in [-0.4, -0.2) is 30.1 Å². The number of ether oxygens (including phenoxy) is 1. The van der Waals surface area contributed by atoms with Crippen LogP contribution in [0, 0.1) is 0 Å². The number of aromatic nitrogens is 1. The third-order valence-electron chi connectivity index (χ3n) is 3.06. The zero-order valence-electron chi connectivity index (χ0n) is 13.3. The van der Waals surface area contributed by atoms with Gasteiger partial charge in [0.15, 0.2) is 0 Å². The third kappa shape index (κ3) is 6.41. The van der Waals surface area contributed by atoms with Crippen LogP contribution in [-0.2, 0) is 16.0 Å². The molecule has 2 aromatic rings. The third-order valence-corrected chi connectivity index (χ3v) is 4.49. The van der Waals surface area contributed by atoms with E-state index in [0.717, 1.165) is 27.2 Å². The number of nitrogens with zero attached hydrogens (tertiary/aromatic N) is 1. The van der Waals surface area contributed by atoms with Gasteiger partial charge in [0.1, 0.15) is 5.01 Å². The number of benzene rings is 1. The normalized spacial score (nSPS) is 11.0. The van der Waals surface area contributed by atoms with E-state index in [1.807, 2.05) is 43.5 Å². The molecule has 0 aliphatic carbocycles. The number of rotatable bonds is 8. The number of carbonyl (C=O) groups is 1. The molecule has 1 amide bonds. The lowest BCUT2D eigenvalue weighted by Gasteiger charge is -2.07. The molecule has 23 heavy (non-hydrogen) atoms. The predicted molar refractivity (Wildman–Crippen MR) is 97.7 cm³/mol. The molecule has 0 saturated heterocycles. The fourth-order valence-electron chi connectivity index (χ4n) is 1.99. The Labute approximate surface area is 149 Å². The Morgan fingerprint density at radius 3 is 3.00 bits per heavy atom. The SMILES string of the molecule is CC(C)OCCCNC(=O)Cc1csc(-c2cccc(Br)c2)n1. The smallest absolute Gasteiger partial charge is 0.226 e. The second-order valence-corrected chi connectivity index (χ2v) is 7.23. The van der Waals surface area contributed by atoms with E-state index in [1.54, 1.807) is 11.3 Å². The maximum Gasteiger partial charge on any atom is 0.226 e. The van der Waals surface area contributed by atoms with Gasteiger partial charge in [0.05, 0.1) is 18.2 Å². The lowest BCUT2D eigenvalue weighted by atomic mass is 10.2. The van der Waals surface area contributed by atoms with Gasteiger partial charge in [-0.15, -0.1) is 11.3 Å². The van der Waals surface area contributed by atoms with E-state index in [4.69, 9.17) is 4.74 Å². The molecule has 6 heteroatoms. The summed E-state index contributed by atoms with van der Waals surface area (Å²) in [7, 11) is 0. The molecule has 1 aromatic heterocycles. The first-order valence-electron chi connectivity index (χ1n) is 7.63. The monoisotopic (exact) mass is 396 g/mol. The number of hydrogen-bond donors (Lipinski definition) is 1. The fraction of sp³-hybridized carbons (Fsp3) is 0.412. The standard InChI is InChI=1S/C17H21BrN2O2S/c1-12(2)22-8-4-7-19-16(21)10-15-11-23-17(20-15)13-5-3-6-14(18)9-13/h3,5-6,9,11-12H,4,7-8,10H2,1-2H3,(H,19,21). The first-order chi connectivity index (χ1) is 11.0. The van der Waals surface area contributed by atoms with Gasteiger partial charge < -0.3 is 10.1 Å². The number of carbonyl (C=O) groups excluding carboxylic acids is 1. The molecule has 2 rings (SSSR count). The number of nitrogens with one attached hydrogen (secondary N) is 1. The van der Waals surface area contributed by atoms with Gasteiger partial charge in [-0.3, -0.25) is 4.79 Å². The van der Waals surface area contributed by atoms with Crippen LogP contribution in [0.3, 0.4) is 0 Å². The highest BCUT2D eigenvalue weighted by atomic mass is 79.9. The van der Waals surface area contributed by atoms with Crippen molar-refractivity contribution in [2.75, 3.05) is 13.2 Å². The van der Waals surface area contributed by atoms with Gasteiger partial charge in [-0.05, 0) is 32.4 Å². The van der Waals surface area contributed by atoms with Crippen LogP contribution in [0.4, 0.5) is 0 Å². The summed E-state index contributed by atoms with van der Waals surface area (Å²) in [5.41, 5.74) is 1.86. The molecule has 124 valence electrons. The first kappa shape index (κ1) is 18.1. The Morgan fingerprint density at radius 1 is 1.43 bits per heavy atom. The molecule has 1 N–H and O–H groups in total. The Morgan fingerprint density at radius 2 is 2.26 bits per heavy atom. The molecule has 0 unspecified atom stereocenters. The van der Waals surface area contributed by atoms with Crippen molar-refractivity contribution in [2.45, 2.75) is 32.8 Å². The number of hydrogen-bond acceptors (Lipinski definition) is 4. The summed E-state index contributed by atoms with van der Waals surface area (Å²) in [6.07, 6.45) is 1.37. The number of thiazole rings is 1. The van der Waals surface area contributed by atoms with E-state index in [0.29, 0.717) is 19.6 Å². The summed E-state index contributed by atoms with van der Waals surface area (Å²) in [4.78, 5) is 16.5. The van der Waals surface area contributed by atoms with Crippen LogP contribution < -0.4 is 5.32 Å². The minimum atomic E-state index is 0.000592. The highest BCUT2D eigenvalue weighted by Crippen LogP contribution is 2.26. The Balaban J connectivity index is 1.79. The van der Waals surface area contributed by atoms with Crippen LogP contribution in [0.5, 0.6) is 0 Å². The lowest BCUT2D eigenvalue weighted by molar-refractivity contribution is -0.120. The second kappa shape index (κ2) is 9.15. The molecule has 0 bridgehead atoms. The van der Waals surface area contributed by atoms with Gasteiger partial charge in [0.25, 0.3) is 0 Å². The van der Waals surface area contributed by atoms with Crippen molar-refractivity contribution in [3.8, 4) is 10.6 Å². The highest BCUT2D eigenvalue weighted by molar-refractivity contribution is 9.10. The summed E-state index contributed by atoms with van der Waals surface area (Å²) in [6.45, 7) is 5.31. The molecule has 0 fully saturated rings. The van der Waals surface area contributed by atoms with Gasteiger partial charge in [-0.2, -0.15) is 0 Å². The molecule has 1 heterocycles. The summed E-state index contributed by atoms with van der Waals surface area (Å²) >= 11 is 5.02. The summed E-state index contributed by atoms with van der Waals surface area (Å²) in [5.74, 6) is 0.000592. The molecule has 0 saturated carbocycles. The first-order valence-corrected chi connectivity index (χ1v) is 9.30. The van der Waals surface area contributed by atoms with Crippen molar-refractivity contribution >= 4 is 33.2 Å². The summed E-state index contributed by atoms with van der Waals surface area (Å²) in [5, 5.41) is 5.77. The van der Waals surface area contributed by atoms with Gasteiger partial charge in [0.2, 0.25) is 5.91 Å². The van der Waals surface area contributed by atoms with Gasteiger partial charge in [-0.25, -0.2) is 4.98 Å². The van der Waals surface area contributed by atoms with Crippen LogP contribution in [0.2, 0.25) is 0 Å². The van der Waals surface area contributed by atoms with Gasteiger partial charge in [0, 0.05) is 28.6 Å². The van der Waals surface area contributed by atoms with E-state index in [-0.39, 0.29) is 12.0 Å². The molecule has 0 atom stereocenters. The Bertz CT molecular complexity index is 643. The minimum Gasteiger partial charge on any atom is -0.379 e. The molecule has 0 aliphatic heterocycles. The Hall–Kier alpha value is -1.24. The van der Waals surface area contributed by atoms with E-state index in [1.165, 1.54) is 0 Å². The number of halogens is 1. The topological polar surface area (TPSA) is 51.2 Å². The maximum absolute atomic E-state index is 11.9. The van der Waals surface area contributed by atoms with E-state index in [9.17, 15) is 4.79 Å². The zero-order chi connectivity index (χ0) is 16.7.